The molecule has 0 saturated heterocycles. The number of non-ortho nitro benzene ring substituents is 1. The van der Waals surface area contributed by atoms with Gasteiger partial charge in [0.05, 0.1) is 27.8 Å². The number of phenolic OH excluding ortho intramolecular Hbond substituents is 1. The molecule has 2 N–H and O–H groups in total. The molecule has 126 valence electrons. The number of aromatic nitrogens is 1. The summed E-state index contributed by atoms with van der Waals surface area (Å²) in [7, 11) is 0. The number of nitrogens with zero attached hydrogens (tertiary/aromatic N) is 2. The summed E-state index contributed by atoms with van der Waals surface area (Å²) in [5.74, 6) is -1.54. The average molecular weight is 341 g/mol. The van der Waals surface area contributed by atoms with Gasteiger partial charge < -0.3 is 10.4 Å². The van der Waals surface area contributed by atoms with Gasteiger partial charge in [-0.1, -0.05) is 0 Å². The highest BCUT2D eigenvalue weighted by atomic mass is 19.1. The standard InChI is InChI=1S/C17H12FN3O4/c1-9-6-13(12-7-10(18)2-4-14(12)19-9)17(23)20-15-5-3-11(21(24)25)8-16(15)22/h2-8,22H,1H3,(H,20,23). The maximum absolute atomic E-state index is 13.5. The summed E-state index contributed by atoms with van der Waals surface area (Å²) in [4.78, 5) is 26.8. The van der Waals surface area contributed by atoms with Crippen LogP contribution in [-0.2, 0) is 0 Å². The van der Waals surface area contributed by atoms with Gasteiger partial charge in [-0.2, -0.15) is 0 Å². The minimum absolute atomic E-state index is 0.00891. The van der Waals surface area contributed by atoms with Crippen molar-refractivity contribution in [3.05, 3.63) is 69.7 Å². The number of nitro benzene ring substituents is 1. The van der Waals surface area contributed by atoms with E-state index in [4.69, 9.17) is 0 Å². The molecule has 0 aliphatic rings. The van der Waals surface area contributed by atoms with Crippen LogP contribution in [0.3, 0.4) is 0 Å². The second-order valence-electron chi connectivity index (χ2n) is 5.39. The van der Waals surface area contributed by atoms with Crippen LogP contribution in [0.1, 0.15) is 16.1 Å². The summed E-state index contributed by atoms with van der Waals surface area (Å²) in [5.41, 5.74) is 0.911. The lowest BCUT2D eigenvalue weighted by atomic mass is 10.1. The topological polar surface area (TPSA) is 105 Å². The van der Waals surface area contributed by atoms with Gasteiger partial charge in [-0.3, -0.25) is 19.9 Å². The Hall–Kier alpha value is -3.55. The first-order valence-corrected chi connectivity index (χ1v) is 7.21. The van der Waals surface area contributed by atoms with Crippen molar-refractivity contribution in [2.75, 3.05) is 5.32 Å². The SMILES string of the molecule is Cc1cc(C(=O)Nc2ccc([N+](=O)[O-])cc2O)c2cc(F)ccc2n1. The Balaban J connectivity index is 2.00. The van der Waals surface area contributed by atoms with Crippen LogP contribution in [0.5, 0.6) is 5.75 Å². The van der Waals surface area contributed by atoms with Crippen molar-refractivity contribution in [1.29, 1.82) is 0 Å². The molecule has 0 radical (unpaired) electrons. The zero-order valence-electron chi connectivity index (χ0n) is 13.0. The van der Waals surface area contributed by atoms with E-state index in [0.717, 1.165) is 12.1 Å². The van der Waals surface area contributed by atoms with Crippen LogP contribution in [0, 0.1) is 22.9 Å². The molecule has 0 fully saturated rings. The molecule has 3 rings (SSSR count). The van der Waals surface area contributed by atoms with E-state index < -0.39 is 22.4 Å². The fraction of sp³-hybridized carbons (Fsp3) is 0.0588. The van der Waals surface area contributed by atoms with Crippen molar-refractivity contribution in [3.63, 3.8) is 0 Å². The highest BCUT2D eigenvalue weighted by Crippen LogP contribution is 2.29. The van der Waals surface area contributed by atoms with Gasteiger partial charge in [0.1, 0.15) is 11.6 Å². The van der Waals surface area contributed by atoms with Crippen LogP contribution in [0.4, 0.5) is 15.8 Å². The van der Waals surface area contributed by atoms with Crippen molar-refractivity contribution in [2.45, 2.75) is 6.92 Å². The zero-order valence-corrected chi connectivity index (χ0v) is 13.0. The van der Waals surface area contributed by atoms with Crippen molar-refractivity contribution in [1.82, 2.24) is 4.98 Å². The first kappa shape index (κ1) is 16.3. The molecule has 2 aromatic carbocycles. The minimum atomic E-state index is -0.659. The third kappa shape index (κ3) is 3.23. The molecular weight excluding hydrogens is 329 g/mol. The molecule has 3 aromatic rings. The van der Waals surface area contributed by atoms with E-state index in [1.165, 1.54) is 30.3 Å². The Bertz CT molecular complexity index is 1020. The number of nitrogens with one attached hydrogen (secondary N) is 1. The number of phenols is 1. The van der Waals surface area contributed by atoms with Gasteiger partial charge >= 0.3 is 0 Å². The largest absolute Gasteiger partial charge is 0.506 e. The van der Waals surface area contributed by atoms with E-state index in [0.29, 0.717) is 16.6 Å². The predicted octanol–water partition coefficient (Wildman–Crippen LogP) is 3.55. The first-order chi connectivity index (χ1) is 11.8. The molecule has 0 atom stereocenters. The van der Waals surface area contributed by atoms with Crippen molar-refractivity contribution >= 4 is 28.2 Å². The van der Waals surface area contributed by atoms with E-state index in [1.807, 2.05) is 0 Å². The number of pyridine rings is 1. The Morgan fingerprint density at radius 1 is 1.24 bits per heavy atom. The zero-order chi connectivity index (χ0) is 18.1. The molecule has 0 spiro atoms. The maximum atomic E-state index is 13.5. The number of hydrogen-bond acceptors (Lipinski definition) is 5. The number of benzene rings is 2. The van der Waals surface area contributed by atoms with Gasteiger partial charge in [-0.15, -0.1) is 0 Å². The van der Waals surface area contributed by atoms with Gasteiger partial charge in [-0.05, 0) is 37.3 Å². The van der Waals surface area contributed by atoms with Crippen LogP contribution in [0.15, 0.2) is 42.5 Å². The number of carbonyl (C=O) groups is 1. The van der Waals surface area contributed by atoms with Gasteiger partial charge in [0, 0.05) is 17.1 Å². The lowest BCUT2D eigenvalue weighted by Crippen LogP contribution is -2.13. The van der Waals surface area contributed by atoms with Crippen molar-refractivity contribution in [3.8, 4) is 5.75 Å². The van der Waals surface area contributed by atoms with Gasteiger partial charge in [0.15, 0.2) is 0 Å². The van der Waals surface area contributed by atoms with Crippen LogP contribution >= 0.6 is 0 Å². The van der Waals surface area contributed by atoms with Gasteiger partial charge in [0.2, 0.25) is 0 Å². The number of anilines is 1. The quantitative estimate of drug-likeness (QED) is 0.430. The van der Waals surface area contributed by atoms with Gasteiger partial charge in [0.25, 0.3) is 11.6 Å². The van der Waals surface area contributed by atoms with Crippen LogP contribution in [-0.4, -0.2) is 20.9 Å². The Labute approximate surface area is 140 Å². The summed E-state index contributed by atoms with van der Waals surface area (Å²) in [5, 5.41) is 23.3. The third-order valence-electron chi connectivity index (χ3n) is 3.58. The Morgan fingerprint density at radius 2 is 2.00 bits per heavy atom. The lowest BCUT2D eigenvalue weighted by molar-refractivity contribution is -0.384. The second kappa shape index (κ2) is 6.16. The molecular formula is C17H12FN3O4. The van der Waals surface area contributed by atoms with Crippen molar-refractivity contribution in [2.24, 2.45) is 0 Å². The molecule has 7 nitrogen and oxygen atoms in total. The van der Waals surface area contributed by atoms with Crippen LogP contribution < -0.4 is 5.32 Å². The van der Waals surface area contributed by atoms with E-state index in [-0.39, 0.29) is 16.9 Å². The number of halogens is 1. The molecule has 0 aliphatic carbocycles. The fourth-order valence-corrected chi connectivity index (χ4v) is 2.45. The normalized spacial score (nSPS) is 10.6. The Kier molecular flexibility index (Phi) is 4.02. The summed E-state index contributed by atoms with van der Waals surface area (Å²) in [6.07, 6.45) is 0. The highest BCUT2D eigenvalue weighted by Gasteiger charge is 2.16. The number of hydrogen-bond donors (Lipinski definition) is 2. The number of carbonyl (C=O) groups excluding carboxylic acids is 1. The molecule has 0 unspecified atom stereocenters. The Morgan fingerprint density at radius 3 is 2.68 bits per heavy atom. The summed E-state index contributed by atoms with van der Waals surface area (Å²) >= 11 is 0. The van der Waals surface area contributed by atoms with Crippen LogP contribution in [0.2, 0.25) is 0 Å². The minimum Gasteiger partial charge on any atom is -0.506 e. The first-order valence-electron chi connectivity index (χ1n) is 7.21. The number of aryl methyl sites for hydroxylation is 1. The molecule has 1 amide bonds. The van der Waals surface area contributed by atoms with E-state index >= 15 is 0 Å². The molecule has 25 heavy (non-hydrogen) atoms. The number of fused-ring (bicyclic) bond motifs is 1. The van der Waals surface area contributed by atoms with Crippen molar-refractivity contribution < 1.29 is 19.2 Å². The number of amides is 1. The monoisotopic (exact) mass is 341 g/mol. The molecule has 0 saturated carbocycles. The molecule has 0 bridgehead atoms. The van der Waals surface area contributed by atoms with Crippen LogP contribution in [0.25, 0.3) is 10.9 Å². The maximum Gasteiger partial charge on any atom is 0.273 e. The van der Waals surface area contributed by atoms with Gasteiger partial charge in [-0.25, -0.2) is 4.39 Å². The average Bonchev–Trinajstić information content (AvgIpc) is 2.56. The third-order valence-corrected chi connectivity index (χ3v) is 3.58. The number of nitro groups is 1. The summed E-state index contributed by atoms with van der Waals surface area (Å²) in [6.45, 7) is 1.70. The fourth-order valence-electron chi connectivity index (χ4n) is 2.45. The second-order valence-corrected chi connectivity index (χ2v) is 5.39. The molecule has 8 heteroatoms. The smallest absolute Gasteiger partial charge is 0.273 e. The number of rotatable bonds is 3. The molecule has 0 aliphatic heterocycles. The molecule has 1 heterocycles. The lowest BCUT2D eigenvalue weighted by Gasteiger charge is -2.10. The number of aromatic hydroxyl groups is 1. The highest BCUT2D eigenvalue weighted by molar-refractivity contribution is 6.12. The summed E-state index contributed by atoms with van der Waals surface area (Å²) < 4.78 is 13.5. The van der Waals surface area contributed by atoms with E-state index in [9.17, 15) is 24.4 Å². The predicted molar refractivity (Wildman–Crippen MR) is 89.2 cm³/mol. The summed E-state index contributed by atoms with van der Waals surface area (Å²) in [6, 6.07) is 8.74. The van der Waals surface area contributed by atoms with E-state index in [1.54, 1.807) is 6.92 Å². The van der Waals surface area contributed by atoms with E-state index in [2.05, 4.69) is 10.3 Å². The molecule has 1 aromatic heterocycles.